The van der Waals surface area contributed by atoms with Crippen molar-refractivity contribution >= 4 is 44.4 Å². The molecule has 0 spiro atoms. The first kappa shape index (κ1) is 21.5. The number of oxazole rings is 1. The third-order valence-electron chi connectivity index (χ3n) is 6.04. The fraction of sp³-hybridized carbons (Fsp3) is 0.231. The molecular formula is C26H25BrN4O2. The number of fused-ring (bicyclic) bond motifs is 1. The Labute approximate surface area is 201 Å². The van der Waals surface area contributed by atoms with Gasteiger partial charge in [0.15, 0.2) is 5.58 Å². The maximum Gasteiger partial charge on any atom is 0.322 e. The molecule has 0 unspecified atom stereocenters. The Morgan fingerprint density at radius 2 is 1.85 bits per heavy atom. The molecule has 7 heteroatoms. The van der Waals surface area contributed by atoms with Gasteiger partial charge in [-0.3, -0.25) is 0 Å². The van der Waals surface area contributed by atoms with Crippen molar-refractivity contribution < 1.29 is 9.21 Å². The number of benzene rings is 3. The van der Waals surface area contributed by atoms with Crippen molar-refractivity contribution in [3.63, 3.8) is 0 Å². The van der Waals surface area contributed by atoms with Gasteiger partial charge in [-0.05, 0) is 76.3 Å². The standard InChI is InChI=1S/C26H25BrN4O2/c1-30(2)19-12-9-17(10-13-19)18-11-14-24-22(16-18)28-25(33-24)23-8-5-15-31(23)26(32)29-21-7-4-3-6-20(21)27/h3-4,6-7,9-14,16,23H,5,8,15H2,1-2H3,(H,29,32)/t23-/m0/s1. The van der Waals surface area contributed by atoms with Gasteiger partial charge in [0.05, 0.1) is 5.69 Å². The molecule has 6 nitrogen and oxygen atoms in total. The predicted octanol–water partition coefficient (Wildman–Crippen LogP) is 6.69. The monoisotopic (exact) mass is 504 g/mol. The summed E-state index contributed by atoms with van der Waals surface area (Å²) in [5.41, 5.74) is 5.65. The van der Waals surface area contributed by atoms with Crippen molar-refractivity contribution in [3.8, 4) is 11.1 Å². The Hall–Kier alpha value is -3.32. The number of aromatic nitrogens is 1. The highest BCUT2D eigenvalue weighted by Crippen LogP contribution is 2.35. The van der Waals surface area contributed by atoms with Gasteiger partial charge < -0.3 is 19.5 Å². The maximum atomic E-state index is 13.0. The molecule has 2 heterocycles. The van der Waals surface area contributed by atoms with E-state index in [0.717, 1.165) is 50.9 Å². The van der Waals surface area contributed by atoms with E-state index in [1.807, 2.05) is 61.5 Å². The number of carbonyl (C=O) groups excluding carboxylic acids is 1. The highest BCUT2D eigenvalue weighted by molar-refractivity contribution is 9.10. The third-order valence-corrected chi connectivity index (χ3v) is 6.73. The molecule has 3 aromatic carbocycles. The van der Waals surface area contributed by atoms with Crippen LogP contribution in [-0.2, 0) is 0 Å². The van der Waals surface area contributed by atoms with Crippen LogP contribution in [0, 0.1) is 0 Å². The number of anilines is 2. The average molecular weight is 505 g/mol. The van der Waals surface area contributed by atoms with Crippen LogP contribution in [0.15, 0.2) is 75.6 Å². The molecule has 1 aromatic heterocycles. The SMILES string of the molecule is CN(C)c1ccc(-c2ccc3oc([C@@H]4CCCN4C(=O)Nc4ccccc4Br)nc3c2)cc1. The molecule has 1 fully saturated rings. The second kappa shape index (κ2) is 8.90. The number of amides is 2. The lowest BCUT2D eigenvalue weighted by Crippen LogP contribution is -2.34. The molecule has 1 N–H and O–H groups in total. The van der Waals surface area contributed by atoms with Crippen molar-refractivity contribution in [2.45, 2.75) is 18.9 Å². The lowest BCUT2D eigenvalue weighted by Gasteiger charge is -2.23. The van der Waals surface area contributed by atoms with Crippen molar-refractivity contribution in [2.24, 2.45) is 0 Å². The maximum absolute atomic E-state index is 13.0. The topological polar surface area (TPSA) is 61.6 Å². The number of urea groups is 1. The summed E-state index contributed by atoms with van der Waals surface area (Å²) in [6, 6.07) is 21.8. The fourth-order valence-corrected chi connectivity index (χ4v) is 4.62. The van der Waals surface area contributed by atoms with E-state index in [1.165, 1.54) is 0 Å². The number of likely N-dealkylation sites (tertiary alicyclic amines) is 1. The number of para-hydroxylation sites is 1. The van der Waals surface area contributed by atoms with Gasteiger partial charge in [0.1, 0.15) is 11.6 Å². The summed E-state index contributed by atoms with van der Waals surface area (Å²) in [5, 5.41) is 3.00. The van der Waals surface area contributed by atoms with E-state index in [1.54, 1.807) is 0 Å². The summed E-state index contributed by atoms with van der Waals surface area (Å²) < 4.78 is 6.95. The molecule has 4 aromatic rings. The molecule has 0 aliphatic carbocycles. The van der Waals surface area contributed by atoms with Gasteiger partial charge in [-0.1, -0.05) is 30.3 Å². The normalized spacial score (nSPS) is 15.7. The van der Waals surface area contributed by atoms with E-state index < -0.39 is 0 Å². The highest BCUT2D eigenvalue weighted by atomic mass is 79.9. The lowest BCUT2D eigenvalue weighted by molar-refractivity contribution is 0.199. The van der Waals surface area contributed by atoms with Crippen LogP contribution in [0.2, 0.25) is 0 Å². The minimum atomic E-state index is -0.178. The Balaban J connectivity index is 1.39. The smallest absolute Gasteiger partial charge is 0.322 e. The molecule has 0 radical (unpaired) electrons. The fourth-order valence-electron chi connectivity index (χ4n) is 4.24. The van der Waals surface area contributed by atoms with Crippen LogP contribution >= 0.6 is 15.9 Å². The molecule has 1 saturated heterocycles. The van der Waals surface area contributed by atoms with Crippen LogP contribution < -0.4 is 10.2 Å². The number of carbonyl (C=O) groups is 1. The number of rotatable bonds is 4. The van der Waals surface area contributed by atoms with E-state index in [9.17, 15) is 4.79 Å². The van der Waals surface area contributed by atoms with Gasteiger partial charge in [0.25, 0.3) is 0 Å². The van der Waals surface area contributed by atoms with Crippen LogP contribution in [0.25, 0.3) is 22.2 Å². The molecular weight excluding hydrogens is 480 g/mol. The molecule has 5 rings (SSSR count). The van der Waals surface area contributed by atoms with Crippen molar-refractivity contribution in [1.29, 1.82) is 0 Å². The molecule has 0 bridgehead atoms. The van der Waals surface area contributed by atoms with Gasteiger partial charge in [0, 0.05) is 30.8 Å². The number of halogens is 1. The molecule has 1 atom stereocenters. The predicted molar refractivity (Wildman–Crippen MR) is 136 cm³/mol. The molecule has 1 aliphatic rings. The third kappa shape index (κ3) is 4.33. The van der Waals surface area contributed by atoms with E-state index in [-0.39, 0.29) is 12.1 Å². The van der Waals surface area contributed by atoms with E-state index in [0.29, 0.717) is 12.4 Å². The lowest BCUT2D eigenvalue weighted by atomic mass is 10.0. The first-order valence-electron chi connectivity index (χ1n) is 11.0. The summed E-state index contributed by atoms with van der Waals surface area (Å²) >= 11 is 3.49. The van der Waals surface area contributed by atoms with Crippen LogP contribution in [0.4, 0.5) is 16.2 Å². The summed E-state index contributed by atoms with van der Waals surface area (Å²) in [4.78, 5) is 21.7. The zero-order chi connectivity index (χ0) is 22.9. The molecule has 168 valence electrons. The van der Waals surface area contributed by atoms with Gasteiger partial charge in [-0.2, -0.15) is 0 Å². The number of nitrogens with zero attached hydrogens (tertiary/aromatic N) is 3. The highest BCUT2D eigenvalue weighted by Gasteiger charge is 2.34. The van der Waals surface area contributed by atoms with Gasteiger partial charge in [0.2, 0.25) is 5.89 Å². The quantitative estimate of drug-likeness (QED) is 0.336. The van der Waals surface area contributed by atoms with Crippen LogP contribution in [0.3, 0.4) is 0 Å². The number of nitrogens with one attached hydrogen (secondary N) is 1. The second-order valence-electron chi connectivity index (χ2n) is 8.44. The number of hydrogen-bond donors (Lipinski definition) is 1. The van der Waals surface area contributed by atoms with Crippen LogP contribution in [-0.4, -0.2) is 36.6 Å². The first-order valence-corrected chi connectivity index (χ1v) is 11.8. The van der Waals surface area contributed by atoms with E-state index in [4.69, 9.17) is 9.40 Å². The van der Waals surface area contributed by atoms with E-state index >= 15 is 0 Å². The number of hydrogen-bond acceptors (Lipinski definition) is 4. The first-order chi connectivity index (χ1) is 16.0. The Morgan fingerprint density at radius 3 is 2.61 bits per heavy atom. The van der Waals surface area contributed by atoms with Crippen molar-refractivity contribution in [1.82, 2.24) is 9.88 Å². The van der Waals surface area contributed by atoms with Crippen LogP contribution in [0.1, 0.15) is 24.8 Å². The summed E-state index contributed by atoms with van der Waals surface area (Å²) in [6.07, 6.45) is 1.74. The van der Waals surface area contributed by atoms with Crippen molar-refractivity contribution in [2.75, 3.05) is 30.9 Å². The van der Waals surface area contributed by atoms with Crippen molar-refractivity contribution in [3.05, 3.63) is 77.1 Å². The molecule has 33 heavy (non-hydrogen) atoms. The Morgan fingerprint density at radius 1 is 1.09 bits per heavy atom. The molecule has 0 saturated carbocycles. The second-order valence-corrected chi connectivity index (χ2v) is 9.29. The minimum absolute atomic E-state index is 0.145. The van der Waals surface area contributed by atoms with Gasteiger partial charge in [-0.15, -0.1) is 0 Å². The van der Waals surface area contributed by atoms with Gasteiger partial charge in [-0.25, -0.2) is 9.78 Å². The molecule has 1 aliphatic heterocycles. The zero-order valence-corrected chi connectivity index (χ0v) is 20.2. The minimum Gasteiger partial charge on any atom is -0.438 e. The Bertz CT molecular complexity index is 1300. The summed E-state index contributed by atoms with van der Waals surface area (Å²) in [6.45, 7) is 0.670. The van der Waals surface area contributed by atoms with Crippen LogP contribution in [0.5, 0.6) is 0 Å². The summed E-state index contributed by atoms with van der Waals surface area (Å²) in [7, 11) is 4.06. The largest absolute Gasteiger partial charge is 0.438 e. The van der Waals surface area contributed by atoms with E-state index in [2.05, 4.69) is 50.4 Å². The average Bonchev–Trinajstić information content (AvgIpc) is 3.47. The van der Waals surface area contributed by atoms with Gasteiger partial charge >= 0.3 is 6.03 Å². The zero-order valence-electron chi connectivity index (χ0n) is 18.6. The summed E-state index contributed by atoms with van der Waals surface area (Å²) in [5.74, 6) is 0.588. The molecule has 2 amide bonds. The Kier molecular flexibility index (Phi) is 5.81.